The number of rotatable bonds is 9. The lowest BCUT2D eigenvalue weighted by Gasteiger charge is -2.12. The number of hydrogen-bond acceptors (Lipinski definition) is 4. The lowest BCUT2D eigenvalue weighted by Crippen LogP contribution is -2.28. The van der Waals surface area contributed by atoms with E-state index in [0.717, 1.165) is 25.0 Å². The number of unbranched alkanes of at least 4 members (excludes halogenated alkanes) is 1. The summed E-state index contributed by atoms with van der Waals surface area (Å²) >= 11 is 1.33. The molecule has 0 aliphatic rings. The fourth-order valence-electron chi connectivity index (χ4n) is 2.52. The summed E-state index contributed by atoms with van der Waals surface area (Å²) in [6, 6.07) is 1.87. The van der Waals surface area contributed by atoms with Gasteiger partial charge >= 0.3 is 0 Å². The first kappa shape index (κ1) is 19.6. The second-order valence-electron chi connectivity index (χ2n) is 6.74. The topological polar surface area (TPSA) is 79.8 Å². The number of aromatic nitrogens is 3. The molecule has 0 aromatic carbocycles. The standard InChI is InChI=1S/C18H28N4O2S/c1-5-6-9-22-17(24)16-14(10-13(4)20-16)21-18(22)25-11-15(23)19-8-7-12(2)3/h10,12,20H,5-9,11H2,1-4H3,(H,19,23). The largest absolute Gasteiger partial charge is 0.355 e. The highest BCUT2D eigenvalue weighted by Gasteiger charge is 2.14. The Morgan fingerprint density at radius 3 is 2.88 bits per heavy atom. The van der Waals surface area contributed by atoms with Crippen molar-refractivity contribution in [2.24, 2.45) is 5.92 Å². The molecule has 1 amide bonds. The minimum Gasteiger partial charge on any atom is -0.355 e. The summed E-state index contributed by atoms with van der Waals surface area (Å²) in [4.78, 5) is 32.5. The lowest BCUT2D eigenvalue weighted by molar-refractivity contribution is -0.118. The molecule has 2 N–H and O–H groups in total. The Morgan fingerprint density at radius 2 is 2.20 bits per heavy atom. The fraction of sp³-hybridized carbons (Fsp3) is 0.611. The van der Waals surface area contributed by atoms with E-state index in [2.05, 4.69) is 36.1 Å². The van der Waals surface area contributed by atoms with Gasteiger partial charge in [-0.25, -0.2) is 4.98 Å². The number of carbonyl (C=O) groups excluding carboxylic acids is 1. The fourth-order valence-corrected chi connectivity index (χ4v) is 3.37. The number of thioether (sulfide) groups is 1. The number of carbonyl (C=O) groups is 1. The van der Waals surface area contributed by atoms with Gasteiger partial charge in [-0.1, -0.05) is 39.0 Å². The van der Waals surface area contributed by atoms with Crippen LogP contribution in [0.25, 0.3) is 11.0 Å². The maximum absolute atomic E-state index is 12.7. The smallest absolute Gasteiger partial charge is 0.278 e. The first-order valence-electron chi connectivity index (χ1n) is 8.92. The number of hydrogen-bond donors (Lipinski definition) is 2. The van der Waals surface area contributed by atoms with Crippen molar-refractivity contribution in [3.63, 3.8) is 0 Å². The normalized spacial score (nSPS) is 11.4. The molecule has 25 heavy (non-hydrogen) atoms. The number of nitrogens with one attached hydrogen (secondary N) is 2. The summed E-state index contributed by atoms with van der Waals surface area (Å²) in [5.74, 6) is 0.811. The Morgan fingerprint density at radius 1 is 1.44 bits per heavy atom. The van der Waals surface area contributed by atoms with Crippen molar-refractivity contribution in [3.05, 3.63) is 22.1 Å². The van der Waals surface area contributed by atoms with Crippen LogP contribution in [0.1, 0.15) is 45.7 Å². The minimum absolute atomic E-state index is 0.0210. The molecule has 0 fully saturated rings. The zero-order valence-corrected chi connectivity index (χ0v) is 16.3. The van der Waals surface area contributed by atoms with Gasteiger partial charge in [0.15, 0.2) is 5.16 Å². The van der Waals surface area contributed by atoms with Gasteiger partial charge in [-0.3, -0.25) is 14.2 Å². The van der Waals surface area contributed by atoms with Crippen LogP contribution in [0.5, 0.6) is 0 Å². The Hall–Kier alpha value is -1.76. The Balaban J connectivity index is 2.15. The molecule has 2 heterocycles. The monoisotopic (exact) mass is 364 g/mol. The molecule has 2 aromatic rings. The van der Waals surface area contributed by atoms with Crippen molar-refractivity contribution >= 4 is 28.7 Å². The van der Waals surface area contributed by atoms with E-state index in [1.165, 1.54) is 11.8 Å². The molecule has 7 heteroatoms. The van der Waals surface area contributed by atoms with Crippen LogP contribution in [0, 0.1) is 12.8 Å². The van der Waals surface area contributed by atoms with Gasteiger partial charge in [-0.15, -0.1) is 0 Å². The van der Waals surface area contributed by atoms with Gasteiger partial charge in [-0.2, -0.15) is 0 Å². The third-order valence-electron chi connectivity index (χ3n) is 3.95. The van der Waals surface area contributed by atoms with Crippen LogP contribution < -0.4 is 10.9 Å². The molecule has 6 nitrogen and oxygen atoms in total. The van der Waals surface area contributed by atoms with Crippen molar-refractivity contribution in [1.29, 1.82) is 0 Å². The molecule has 0 spiro atoms. The highest BCUT2D eigenvalue weighted by atomic mass is 32.2. The van der Waals surface area contributed by atoms with Crippen molar-refractivity contribution in [2.75, 3.05) is 12.3 Å². The molecule has 2 aromatic heterocycles. The molecular weight excluding hydrogens is 336 g/mol. The summed E-state index contributed by atoms with van der Waals surface area (Å²) in [6.07, 6.45) is 2.86. The number of nitrogens with zero attached hydrogens (tertiary/aromatic N) is 2. The molecule has 0 unspecified atom stereocenters. The Labute approximate surface area is 152 Å². The molecule has 0 radical (unpaired) electrons. The zero-order valence-electron chi connectivity index (χ0n) is 15.5. The molecule has 2 rings (SSSR count). The number of aromatic amines is 1. The number of amides is 1. The molecule has 0 saturated carbocycles. The van der Waals surface area contributed by atoms with Gasteiger partial charge in [-0.05, 0) is 31.7 Å². The van der Waals surface area contributed by atoms with E-state index in [-0.39, 0.29) is 17.2 Å². The highest BCUT2D eigenvalue weighted by Crippen LogP contribution is 2.18. The van der Waals surface area contributed by atoms with Gasteiger partial charge < -0.3 is 10.3 Å². The maximum atomic E-state index is 12.7. The van der Waals surface area contributed by atoms with Crippen LogP contribution in [0.15, 0.2) is 16.0 Å². The van der Waals surface area contributed by atoms with E-state index in [1.807, 2.05) is 13.0 Å². The van der Waals surface area contributed by atoms with E-state index >= 15 is 0 Å². The zero-order chi connectivity index (χ0) is 18.4. The van der Waals surface area contributed by atoms with Gasteiger partial charge in [0.25, 0.3) is 5.56 Å². The van der Waals surface area contributed by atoms with E-state index in [1.54, 1.807) is 4.57 Å². The van der Waals surface area contributed by atoms with Crippen molar-refractivity contribution in [3.8, 4) is 0 Å². The molecule has 0 aliphatic carbocycles. The van der Waals surface area contributed by atoms with E-state index in [0.29, 0.717) is 35.2 Å². The highest BCUT2D eigenvalue weighted by molar-refractivity contribution is 7.99. The summed E-state index contributed by atoms with van der Waals surface area (Å²) in [5, 5.41) is 3.54. The van der Waals surface area contributed by atoms with Crippen molar-refractivity contribution in [1.82, 2.24) is 19.9 Å². The van der Waals surface area contributed by atoms with Gasteiger partial charge in [0.05, 0.1) is 11.3 Å². The third kappa shape index (κ3) is 5.36. The minimum atomic E-state index is -0.0609. The average molecular weight is 365 g/mol. The maximum Gasteiger partial charge on any atom is 0.278 e. The van der Waals surface area contributed by atoms with Gasteiger partial charge in [0.1, 0.15) is 5.52 Å². The van der Waals surface area contributed by atoms with E-state index in [4.69, 9.17) is 0 Å². The van der Waals surface area contributed by atoms with E-state index < -0.39 is 0 Å². The predicted molar refractivity (Wildman–Crippen MR) is 103 cm³/mol. The van der Waals surface area contributed by atoms with Crippen LogP contribution in [0.4, 0.5) is 0 Å². The molecule has 0 atom stereocenters. The second-order valence-corrected chi connectivity index (χ2v) is 7.68. The SMILES string of the molecule is CCCCn1c(SCC(=O)NCCC(C)C)nc2cc(C)[nH]c2c1=O. The summed E-state index contributed by atoms with van der Waals surface area (Å²) in [7, 11) is 0. The van der Waals surface area contributed by atoms with Gasteiger partial charge in [0.2, 0.25) is 5.91 Å². The van der Waals surface area contributed by atoms with Crippen LogP contribution in [0.2, 0.25) is 0 Å². The van der Waals surface area contributed by atoms with E-state index in [9.17, 15) is 9.59 Å². The first-order chi connectivity index (χ1) is 11.9. The van der Waals surface area contributed by atoms with Crippen LogP contribution in [-0.2, 0) is 11.3 Å². The summed E-state index contributed by atoms with van der Waals surface area (Å²) in [5.41, 5.74) is 2.06. The Bertz CT molecular complexity index is 779. The van der Waals surface area contributed by atoms with Crippen LogP contribution in [-0.4, -0.2) is 32.7 Å². The van der Waals surface area contributed by atoms with Crippen molar-refractivity contribution in [2.45, 2.75) is 58.7 Å². The summed E-state index contributed by atoms with van der Waals surface area (Å²) in [6.45, 7) is 9.56. The molecule has 0 saturated heterocycles. The number of H-pyrrole nitrogens is 1. The average Bonchev–Trinajstić information content (AvgIpc) is 2.92. The lowest BCUT2D eigenvalue weighted by atomic mass is 10.1. The number of fused-ring (bicyclic) bond motifs is 1. The predicted octanol–water partition coefficient (Wildman–Crippen LogP) is 3.09. The first-order valence-corrected chi connectivity index (χ1v) is 9.90. The van der Waals surface area contributed by atoms with Gasteiger partial charge in [0, 0.05) is 18.8 Å². The molecule has 138 valence electrons. The van der Waals surface area contributed by atoms with Crippen molar-refractivity contribution < 1.29 is 4.79 Å². The third-order valence-corrected chi connectivity index (χ3v) is 4.93. The summed E-state index contributed by atoms with van der Waals surface area (Å²) < 4.78 is 1.69. The van der Waals surface area contributed by atoms with Crippen LogP contribution in [0.3, 0.4) is 0 Å². The quantitative estimate of drug-likeness (QED) is 0.529. The molecule has 0 bridgehead atoms. The van der Waals surface area contributed by atoms with Crippen LogP contribution >= 0.6 is 11.8 Å². The molecular formula is C18H28N4O2S. The molecule has 0 aliphatic heterocycles. The second kappa shape index (κ2) is 9.08. The Kier molecular flexibility index (Phi) is 7.11. The number of aryl methyl sites for hydroxylation is 1.